The first-order valence-electron chi connectivity index (χ1n) is 15.1. The average Bonchev–Trinajstić information content (AvgIpc) is 3.77. The van der Waals surface area contributed by atoms with Crippen LogP contribution in [0.15, 0.2) is 60.7 Å². The molecule has 10 heteroatoms. The predicted octanol–water partition coefficient (Wildman–Crippen LogP) is 5.57. The second-order valence-corrected chi connectivity index (χ2v) is 12.4. The van der Waals surface area contributed by atoms with Crippen molar-refractivity contribution in [3.63, 3.8) is 0 Å². The minimum absolute atomic E-state index is 0.0549. The van der Waals surface area contributed by atoms with E-state index in [1.807, 2.05) is 43.3 Å². The molecule has 0 aromatic heterocycles. The van der Waals surface area contributed by atoms with E-state index in [2.05, 4.69) is 14.8 Å². The normalized spacial score (nSPS) is 24.2. The molecule has 0 radical (unpaired) electrons. The van der Waals surface area contributed by atoms with E-state index in [1.165, 1.54) is 12.1 Å². The number of nitrogens with zero attached hydrogens (tertiary/aromatic N) is 1. The molecule has 0 bridgehead atoms. The Labute approximate surface area is 253 Å². The maximum atomic E-state index is 13.9. The Hall–Kier alpha value is -4.18. The summed E-state index contributed by atoms with van der Waals surface area (Å²) in [6.45, 7) is 3.24. The lowest BCUT2D eigenvalue weighted by Gasteiger charge is -2.34. The van der Waals surface area contributed by atoms with Crippen LogP contribution in [0.3, 0.4) is 0 Å². The maximum Gasteiger partial charge on any atom is 0.586 e. The number of amides is 2. The zero-order valence-corrected chi connectivity index (χ0v) is 24.4. The van der Waals surface area contributed by atoms with Crippen molar-refractivity contribution in [1.29, 1.82) is 0 Å². The number of aliphatic hydroxyl groups is 1. The highest BCUT2D eigenvalue weighted by Crippen LogP contribution is 2.53. The van der Waals surface area contributed by atoms with Gasteiger partial charge in [-0.25, -0.2) is 0 Å². The highest BCUT2D eigenvalue weighted by atomic mass is 19.3. The molecule has 4 aliphatic rings. The second-order valence-electron chi connectivity index (χ2n) is 12.4. The van der Waals surface area contributed by atoms with Crippen molar-refractivity contribution in [2.75, 3.05) is 19.7 Å². The van der Waals surface area contributed by atoms with Gasteiger partial charge in [-0.3, -0.25) is 9.59 Å². The van der Waals surface area contributed by atoms with Gasteiger partial charge in [-0.2, -0.15) is 0 Å². The van der Waals surface area contributed by atoms with Gasteiger partial charge in [-0.05, 0) is 85.5 Å². The number of alkyl halides is 2. The SMILES string of the molecule is Cc1ccc2c(c1)O[C@@H](c1cccc(C(=O)N3CCCC(CO)C3)c1)C[C@H]2NC(=O)C1(c2ccc3c(c2)OC(F)(F)O3)CC1. The highest BCUT2D eigenvalue weighted by Gasteiger charge is 2.53. The van der Waals surface area contributed by atoms with Gasteiger partial charge in [0.05, 0.1) is 11.5 Å². The summed E-state index contributed by atoms with van der Waals surface area (Å²) in [5.74, 6) is 0.368. The lowest BCUT2D eigenvalue weighted by atomic mass is 9.89. The third-order valence-electron chi connectivity index (χ3n) is 9.28. The monoisotopic (exact) mass is 604 g/mol. The summed E-state index contributed by atoms with van der Waals surface area (Å²) in [6.07, 6.45) is -0.763. The number of hydrogen-bond donors (Lipinski definition) is 2. The fourth-order valence-electron chi connectivity index (χ4n) is 6.68. The number of piperidine rings is 1. The zero-order valence-electron chi connectivity index (χ0n) is 24.4. The Bertz CT molecular complexity index is 1620. The van der Waals surface area contributed by atoms with Crippen molar-refractivity contribution < 1.29 is 37.7 Å². The summed E-state index contributed by atoms with van der Waals surface area (Å²) in [5.41, 5.74) is 3.02. The first-order valence-corrected chi connectivity index (χ1v) is 15.1. The summed E-state index contributed by atoms with van der Waals surface area (Å²) in [5, 5.41) is 12.9. The standard InChI is InChI=1S/C34H34F2N2O6/c1-20-7-9-25-26(37-32(41)33(11-12-33)24-8-10-27-30(16-24)44-34(35,36)43-27)17-28(42-29(25)14-20)22-5-2-6-23(15-22)31(40)38-13-3-4-21(18-38)19-39/h2,5-10,14-16,21,26,28,39H,3-4,11-13,17-19H2,1H3,(H,37,41)/t21?,26-,28-/m1/s1. The molecule has 1 aliphatic carbocycles. The van der Waals surface area contributed by atoms with Crippen molar-refractivity contribution in [3.05, 3.63) is 88.5 Å². The van der Waals surface area contributed by atoms with E-state index in [0.29, 0.717) is 49.2 Å². The van der Waals surface area contributed by atoms with Gasteiger partial charge in [-0.1, -0.05) is 30.3 Å². The highest BCUT2D eigenvalue weighted by molar-refractivity contribution is 5.94. The van der Waals surface area contributed by atoms with Gasteiger partial charge in [-0.15, -0.1) is 8.78 Å². The topological polar surface area (TPSA) is 97.3 Å². The fourth-order valence-corrected chi connectivity index (χ4v) is 6.68. The second kappa shape index (κ2) is 10.8. The summed E-state index contributed by atoms with van der Waals surface area (Å²) < 4.78 is 42.9. The Kier molecular flexibility index (Phi) is 6.99. The number of hydrogen-bond acceptors (Lipinski definition) is 6. The van der Waals surface area contributed by atoms with Crippen molar-refractivity contribution in [3.8, 4) is 17.2 Å². The molecule has 1 saturated heterocycles. The van der Waals surface area contributed by atoms with Crippen LogP contribution >= 0.6 is 0 Å². The van der Waals surface area contributed by atoms with E-state index in [9.17, 15) is 23.5 Å². The first kappa shape index (κ1) is 28.6. The quantitative estimate of drug-likeness (QED) is 0.382. The average molecular weight is 605 g/mol. The molecule has 3 aromatic rings. The number of nitrogens with one attached hydrogen (secondary N) is 1. The Morgan fingerprint density at radius 3 is 2.64 bits per heavy atom. The van der Waals surface area contributed by atoms with Crippen molar-refractivity contribution in [2.45, 2.75) is 62.9 Å². The van der Waals surface area contributed by atoms with Crippen molar-refractivity contribution in [2.24, 2.45) is 5.92 Å². The van der Waals surface area contributed by atoms with Gasteiger partial charge in [0.1, 0.15) is 11.9 Å². The molecule has 3 atom stereocenters. The molecule has 1 saturated carbocycles. The minimum atomic E-state index is -3.73. The van der Waals surface area contributed by atoms with Crippen LogP contribution in [0.2, 0.25) is 0 Å². The Balaban J connectivity index is 1.13. The van der Waals surface area contributed by atoms with Crippen molar-refractivity contribution in [1.82, 2.24) is 10.2 Å². The molecule has 2 amide bonds. The molecule has 230 valence electrons. The zero-order chi connectivity index (χ0) is 30.6. The van der Waals surface area contributed by atoms with Crippen LogP contribution < -0.4 is 19.5 Å². The van der Waals surface area contributed by atoms with Gasteiger partial charge in [0, 0.05) is 37.2 Å². The number of rotatable bonds is 6. The van der Waals surface area contributed by atoms with Crippen LogP contribution in [0.25, 0.3) is 0 Å². The number of fused-ring (bicyclic) bond motifs is 2. The third kappa shape index (κ3) is 5.25. The summed E-state index contributed by atoms with van der Waals surface area (Å²) in [7, 11) is 0. The molecule has 2 N–H and O–H groups in total. The lowest BCUT2D eigenvalue weighted by molar-refractivity contribution is -0.286. The number of ether oxygens (including phenoxy) is 3. The first-order chi connectivity index (χ1) is 21.1. The fraction of sp³-hybridized carbons (Fsp3) is 0.412. The summed E-state index contributed by atoms with van der Waals surface area (Å²) >= 11 is 0. The molecule has 3 aliphatic heterocycles. The smallest absolute Gasteiger partial charge is 0.485 e. The maximum absolute atomic E-state index is 13.9. The van der Waals surface area contributed by atoms with Gasteiger partial charge < -0.3 is 29.5 Å². The van der Waals surface area contributed by atoms with E-state index in [0.717, 1.165) is 29.5 Å². The van der Waals surface area contributed by atoms with Crippen LogP contribution in [0, 0.1) is 12.8 Å². The van der Waals surface area contributed by atoms with E-state index in [-0.39, 0.29) is 41.9 Å². The summed E-state index contributed by atoms with van der Waals surface area (Å²) in [6, 6.07) is 17.5. The van der Waals surface area contributed by atoms with Gasteiger partial charge in [0.2, 0.25) is 5.91 Å². The number of halogens is 2. The van der Waals surface area contributed by atoms with E-state index >= 15 is 0 Å². The van der Waals surface area contributed by atoms with Crippen LogP contribution in [0.4, 0.5) is 8.78 Å². The Morgan fingerprint density at radius 1 is 1.02 bits per heavy atom. The number of likely N-dealkylation sites (tertiary alicyclic amines) is 1. The third-order valence-corrected chi connectivity index (χ3v) is 9.28. The van der Waals surface area contributed by atoms with E-state index in [1.54, 1.807) is 17.0 Å². The molecular formula is C34H34F2N2O6. The van der Waals surface area contributed by atoms with Crippen LogP contribution in [0.1, 0.15) is 76.9 Å². The van der Waals surface area contributed by atoms with Gasteiger partial charge >= 0.3 is 6.29 Å². The number of aliphatic hydroxyl groups excluding tert-OH is 1. The molecule has 8 nitrogen and oxygen atoms in total. The molecule has 2 fully saturated rings. The Morgan fingerprint density at radius 2 is 1.84 bits per heavy atom. The summed E-state index contributed by atoms with van der Waals surface area (Å²) in [4.78, 5) is 29.1. The largest absolute Gasteiger partial charge is 0.586 e. The minimum Gasteiger partial charge on any atom is -0.485 e. The van der Waals surface area contributed by atoms with E-state index < -0.39 is 17.8 Å². The molecule has 3 heterocycles. The van der Waals surface area contributed by atoms with Crippen LogP contribution in [-0.4, -0.2) is 47.8 Å². The van der Waals surface area contributed by atoms with Crippen LogP contribution in [-0.2, 0) is 10.2 Å². The van der Waals surface area contributed by atoms with Gasteiger partial charge in [0.25, 0.3) is 5.91 Å². The molecule has 3 aromatic carbocycles. The van der Waals surface area contributed by atoms with Crippen molar-refractivity contribution >= 4 is 11.8 Å². The lowest BCUT2D eigenvalue weighted by Crippen LogP contribution is -2.41. The van der Waals surface area contributed by atoms with E-state index in [4.69, 9.17) is 4.74 Å². The van der Waals surface area contributed by atoms with Gasteiger partial charge in [0.15, 0.2) is 11.5 Å². The van der Waals surface area contributed by atoms with Crippen LogP contribution in [0.5, 0.6) is 17.2 Å². The number of carbonyl (C=O) groups excluding carboxylic acids is 2. The molecule has 1 unspecified atom stereocenters. The number of aryl methyl sites for hydroxylation is 1. The predicted molar refractivity (Wildman–Crippen MR) is 156 cm³/mol. The number of benzene rings is 3. The molecule has 0 spiro atoms. The molecule has 7 rings (SSSR count). The number of carbonyl (C=O) groups is 2. The molecular weight excluding hydrogens is 570 g/mol. The molecule has 44 heavy (non-hydrogen) atoms.